The molecule has 1 saturated heterocycles. The number of hydrogen-bond donors (Lipinski definition) is 4. The first-order valence-corrected chi connectivity index (χ1v) is 7.60. The molecule has 0 saturated carbocycles. The number of pyridine rings is 1. The predicted molar refractivity (Wildman–Crippen MR) is 81.6 cm³/mol. The van der Waals surface area contributed by atoms with E-state index >= 15 is 0 Å². The molecule has 2 rings (SSSR count). The summed E-state index contributed by atoms with van der Waals surface area (Å²) in [6.45, 7) is 0.774. The second kappa shape index (κ2) is 6.96. The van der Waals surface area contributed by atoms with Gasteiger partial charge in [-0.25, -0.2) is 8.78 Å². The first-order chi connectivity index (χ1) is 11.2. The van der Waals surface area contributed by atoms with E-state index in [4.69, 9.17) is 10.8 Å². The van der Waals surface area contributed by atoms with E-state index in [0.29, 0.717) is 0 Å². The van der Waals surface area contributed by atoms with Crippen molar-refractivity contribution in [3.8, 4) is 0 Å². The molecule has 0 spiro atoms. The molecule has 3 atom stereocenters. The van der Waals surface area contributed by atoms with Crippen LogP contribution in [-0.4, -0.2) is 57.7 Å². The second-order valence-electron chi connectivity index (χ2n) is 6.05. The van der Waals surface area contributed by atoms with Gasteiger partial charge in [-0.05, 0) is 18.6 Å². The molecule has 0 aliphatic carbocycles. The van der Waals surface area contributed by atoms with E-state index in [9.17, 15) is 23.5 Å². The summed E-state index contributed by atoms with van der Waals surface area (Å²) in [6, 6.07) is 0.491. The van der Waals surface area contributed by atoms with Crippen LogP contribution in [0, 0.1) is 0 Å². The summed E-state index contributed by atoms with van der Waals surface area (Å²) in [7, 11) is 0. The number of nitrogens with zero attached hydrogens (tertiary/aromatic N) is 1. The highest BCUT2D eigenvalue weighted by atomic mass is 19.3. The number of aromatic nitrogens is 1. The zero-order valence-electron chi connectivity index (χ0n) is 13.2. The molecule has 1 unspecified atom stereocenters. The first-order valence-electron chi connectivity index (χ1n) is 7.60. The lowest BCUT2D eigenvalue weighted by atomic mass is 9.86. The summed E-state index contributed by atoms with van der Waals surface area (Å²) < 4.78 is 28.7. The Kier molecular flexibility index (Phi) is 5.36. The van der Waals surface area contributed by atoms with Gasteiger partial charge in [0.1, 0.15) is 6.10 Å². The van der Waals surface area contributed by atoms with Crippen LogP contribution in [0.2, 0.25) is 0 Å². The number of rotatable bonds is 5. The van der Waals surface area contributed by atoms with Crippen LogP contribution in [0.15, 0.2) is 17.1 Å². The van der Waals surface area contributed by atoms with E-state index in [0.717, 1.165) is 0 Å². The average Bonchev–Trinajstić information content (AvgIpc) is 2.54. The Hall–Kier alpha value is -1.84. The van der Waals surface area contributed by atoms with Gasteiger partial charge in [0.05, 0.1) is 18.6 Å². The van der Waals surface area contributed by atoms with E-state index < -0.39 is 48.5 Å². The van der Waals surface area contributed by atoms with Crippen LogP contribution in [0.1, 0.15) is 36.5 Å². The van der Waals surface area contributed by atoms with Crippen molar-refractivity contribution >= 4 is 5.91 Å². The third kappa shape index (κ3) is 3.63. The van der Waals surface area contributed by atoms with Gasteiger partial charge in [-0.15, -0.1) is 0 Å². The minimum absolute atomic E-state index is 0.0308. The fourth-order valence-corrected chi connectivity index (χ4v) is 2.87. The van der Waals surface area contributed by atoms with Gasteiger partial charge in [-0.2, -0.15) is 0 Å². The quantitative estimate of drug-likeness (QED) is 0.584. The maximum absolute atomic E-state index is 14.4. The van der Waals surface area contributed by atoms with Crippen LogP contribution < -0.4 is 11.3 Å². The Bertz CT molecular complexity index is 664. The van der Waals surface area contributed by atoms with Crippen molar-refractivity contribution in [2.75, 3.05) is 19.7 Å². The minimum Gasteiger partial charge on any atom is -0.393 e. The summed E-state index contributed by atoms with van der Waals surface area (Å²) in [5, 5.41) is 18.6. The highest BCUT2D eigenvalue weighted by Crippen LogP contribution is 2.40. The Morgan fingerprint density at radius 1 is 1.58 bits per heavy atom. The van der Waals surface area contributed by atoms with Crippen LogP contribution in [0.5, 0.6) is 0 Å². The number of carbonyl (C=O) groups excluding carboxylic acids is 1. The van der Waals surface area contributed by atoms with Crippen LogP contribution in [0.4, 0.5) is 8.78 Å². The summed E-state index contributed by atoms with van der Waals surface area (Å²) in [4.78, 5) is 26.9. The fourth-order valence-electron chi connectivity index (χ4n) is 2.87. The van der Waals surface area contributed by atoms with E-state index in [-0.39, 0.29) is 24.2 Å². The number of halogens is 2. The van der Waals surface area contributed by atoms with Gasteiger partial charge >= 0.3 is 0 Å². The maximum atomic E-state index is 14.4. The lowest BCUT2D eigenvalue weighted by Gasteiger charge is -2.40. The number of piperidine rings is 1. The molecule has 2 heterocycles. The monoisotopic (exact) mass is 345 g/mol. The maximum Gasteiger partial charge on any atom is 0.257 e. The van der Waals surface area contributed by atoms with Gasteiger partial charge < -0.3 is 20.9 Å². The molecule has 9 heteroatoms. The Morgan fingerprint density at radius 3 is 2.83 bits per heavy atom. The summed E-state index contributed by atoms with van der Waals surface area (Å²) in [5.74, 6) is -4.90. The molecular weight excluding hydrogens is 324 g/mol. The van der Waals surface area contributed by atoms with Crippen molar-refractivity contribution in [2.45, 2.75) is 37.3 Å². The molecule has 1 fully saturated rings. The van der Waals surface area contributed by atoms with E-state index in [2.05, 4.69) is 4.98 Å². The summed E-state index contributed by atoms with van der Waals surface area (Å²) in [5.41, 5.74) is 4.55. The zero-order valence-corrected chi connectivity index (χ0v) is 13.2. The van der Waals surface area contributed by atoms with Crippen molar-refractivity contribution in [3.05, 3.63) is 33.7 Å². The lowest BCUT2D eigenvalue weighted by Crippen LogP contribution is -2.52. The van der Waals surface area contributed by atoms with Crippen molar-refractivity contribution in [2.24, 2.45) is 5.73 Å². The predicted octanol–water partition coefficient (Wildman–Crippen LogP) is -0.301. The molecule has 1 aromatic heterocycles. The number of nitrogens with one attached hydrogen (secondary N) is 1. The molecule has 1 amide bonds. The molecule has 24 heavy (non-hydrogen) atoms. The number of alkyl halides is 2. The van der Waals surface area contributed by atoms with E-state index in [1.165, 1.54) is 12.3 Å². The summed E-state index contributed by atoms with van der Waals surface area (Å²) in [6.07, 6.45) is -0.731. The van der Waals surface area contributed by atoms with Crippen molar-refractivity contribution in [3.63, 3.8) is 0 Å². The molecule has 1 aliphatic rings. The number of H-pyrrole nitrogens is 1. The van der Waals surface area contributed by atoms with Crippen molar-refractivity contribution in [1.29, 1.82) is 0 Å². The molecule has 1 aliphatic heterocycles. The highest BCUT2D eigenvalue weighted by Gasteiger charge is 2.46. The zero-order chi connectivity index (χ0) is 18.1. The minimum atomic E-state index is -3.03. The van der Waals surface area contributed by atoms with Gasteiger partial charge in [-0.3, -0.25) is 14.5 Å². The Morgan fingerprint density at radius 2 is 2.25 bits per heavy atom. The number of carbonyl (C=O) groups is 1. The molecule has 0 bridgehead atoms. The van der Waals surface area contributed by atoms with Crippen LogP contribution in [0.3, 0.4) is 0 Å². The third-order valence-electron chi connectivity index (χ3n) is 4.51. The molecule has 134 valence electrons. The number of aromatic amines is 1. The van der Waals surface area contributed by atoms with Crippen molar-refractivity contribution in [1.82, 2.24) is 9.88 Å². The SMILES string of the molecule is CC(C(N)=O)N1CCC(F)(F)[C@H](c2c[nH]c(=O)c([C@@H](O)CO)c2)C1. The summed E-state index contributed by atoms with van der Waals surface area (Å²) >= 11 is 0. The van der Waals surface area contributed by atoms with Crippen LogP contribution >= 0.6 is 0 Å². The van der Waals surface area contributed by atoms with Crippen molar-refractivity contribution < 1.29 is 23.8 Å². The number of nitrogens with two attached hydrogens (primary N) is 1. The molecule has 0 radical (unpaired) electrons. The Balaban J connectivity index is 2.36. The fraction of sp³-hybridized carbons (Fsp3) is 0.600. The highest BCUT2D eigenvalue weighted by molar-refractivity contribution is 5.79. The molecule has 1 aromatic rings. The number of amides is 1. The van der Waals surface area contributed by atoms with Crippen LogP contribution in [-0.2, 0) is 4.79 Å². The molecule has 7 nitrogen and oxygen atoms in total. The molecular formula is C15H21F2N3O4. The third-order valence-corrected chi connectivity index (χ3v) is 4.51. The van der Waals surface area contributed by atoms with Gasteiger partial charge in [0, 0.05) is 31.3 Å². The lowest BCUT2D eigenvalue weighted by molar-refractivity contribution is -0.127. The Labute approximate surface area is 137 Å². The van der Waals surface area contributed by atoms with Gasteiger partial charge in [0.25, 0.3) is 11.5 Å². The molecule has 0 aromatic carbocycles. The first kappa shape index (κ1) is 18.5. The normalized spacial score (nSPS) is 23.6. The number of hydrogen-bond acceptors (Lipinski definition) is 5. The largest absolute Gasteiger partial charge is 0.393 e. The van der Waals surface area contributed by atoms with E-state index in [1.54, 1.807) is 11.8 Å². The standard InChI is InChI=1S/C15H21F2N3O4/c1-8(13(18)23)20-3-2-15(16,17)11(6-20)9-4-10(12(22)7-21)14(24)19-5-9/h4-5,8,11-12,21-22H,2-3,6-7H2,1H3,(H2,18,23)(H,19,24)/t8?,11-,12-/m0/s1. The smallest absolute Gasteiger partial charge is 0.257 e. The van der Waals surface area contributed by atoms with E-state index in [1.807, 2.05) is 0 Å². The van der Waals surface area contributed by atoms with Gasteiger partial charge in [0.15, 0.2) is 0 Å². The van der Waals surface area contributed by atoms with Gasteiger partial charge in [0.2, 0.25) is 5.91 Å². The average molecular weight is 345 g/mol. The van der Waals surface area contributed by atoms with Gasteiger partial charge in [-0.1, -0.05) is 0 Å². The number of aliphatic hydroxyl groups is 2. The topological polar surface area (TPSA) is 120 Å². The number of likely N-dealkylation sites (tertiary alicyclic amines) is 1. The number of aliphatic hydroxyl groups excluding tert-OH is 2. The second-order valence-corrected chi connectivity index (χ2v) is 6.05. The van der Waals surface area contributed by atoms with Crippen LogP contribution in [0.25, 0.3) is 0 Å². The number of primary amides is 1. The molecule has 5 N–H and O–H groups in total.